The summed E-state index contributed by atoms with van der Waals surface area (Å²) in [5, 5.41) is 9.84. The highest BCUT2D eigenvalue weighted by atomic mass is 16.5. The van der Waals surface area contributed by atoms with Gasteiger partial charge in [-0.2, -0.15) is 0 Å². The molecule has 1 aromatic rings. The van der Waals surface area contributed by atoms with E-state index < -0.39 is 5.60 Å². The van der Waals surface area contributed by atoms with Crippen LogP contribution < -0.4 is 4.74 Å². The van der Waals surface area contributed by atoms with E-state index in [-0.39, 0.29) is 0 Å². The van der Waals surface area contributed by atoms with Crippen LogP contribution in [0.5, 0.6) is 5.75 Å². The standard InChI is InChI=1S/C13H16O2/c1-9-6-11-3-2-10(7-12(11)15-9)8-13(14)4-5-13/h2-3,7,9,14H,4-6,8H2,1H3. The average molecular weight is 204 g/mol. The molecular weight excluding hydrogens is 188 g/mol. The molecule has 0 saturated heterocycles. The van der Waals surface area contributed by atoms with Crippen molar-refractivity contribution in [3.8, 4) is 5.75 Å². The molecule has 1 atom stereocenters. The highest BCUT2D eigenvalue weighted by Gasteiger charge is 2.40. The Morgan fingerprint density at radius 2 is 2.27 bits per heavy atom. The van der Waals surface area contributed by atoms with Gasteiger partial charge in [0, 0.05) is 12.8 Å². The molecule has 2 aliphatic rings. The summed E-state index contributed by atoms with van der Waals surface area (Å²) in [4.78, 5) is 0. The van der Waals surface area contributed by atoms with Crippen LogP contribution in [0.25, 0.3) is 0 Å². The fourth-order valence-corrected chi connectivity index (χ4v) is 2.26. The van der Waals surface area contributed by atoms with E-state index in [9.17, 15) is 5.11 Å². The van der Waals surface area contributed by atoms with E-state index in [0.717, 1.165) is 31.4 Å². The Kier molecular flexibility index (Phi) is 1.84. The van der Waals surface area contributed by atoms with Crippen LogP contribution in [0, 0.1) is 0 Å². The molecule has 1 heterocycles. The van der Waals surface area contributed by atoms with Gasteiger partial charge in [-0.1, -0.05) is 12.1 Å². The average Bonchev–Trinajstić information content (AvgIpc) is 2.76. The van der Waals surface area contributed by atoms with Gasteiger partial charge >= 0.3 is 0 Å². The molecule has 1 aromatic carbocycles. The molecule has 0 radical (unpaired) electrons. The maximum atomic E-state index is 9.84. The van der Waals surface area contributed by atoms with Crippen molar-refractivity contribution in [1.29, 1.82) is 0 Å². The Labute approximate surface area is 89.9 Å². The zero-order valence-electron chi connectivity index (χ0n) is 8.99. The number of benzene rings is 1. The van der Waals surface area contributed by atoms with Crippen molar-refractivity contribution in [1.82, 2.24) is 0 Å². The lowest BCUT2D eigenvalue weighted by molar-refractivity contribution is 0.151. The highest BCUT2D eigenvalue weighted by Crippen LogP contribution is 2.39. The fraction of sp³-hybridized carbons (Fsp3) is 0.538. The number of hydrogen-bond acceptors (Lipinski definition) is 2. The number of aliphatic hydroxyl groups is 1. The van der Waals surface area contributed by atoms with Crippen molar-refractivity contribution < 1.29 is 9.84 Å². The first-order valence-corrected chi connectivity index (χ1v) is 5.65. The van der Waals surface area contributed by atoms with Gasteiger partial charge in [-0.15, -0.1) is 0 Å². The minimum absolute atomic E-state index is 0.305. The molecule has 2 nitrogen and oxygen atoms in total. The van der Waals surface area contributed by atoms with Gasteiger partial charge < -0.3 is 9.84 Å². The molecule has 15 heavy (non-hydrogen) atoms. The Bertz CT molecular complexity index is 394. The quantitative estimate of drug-likeness (QED) is 0.799. The number of hydrogen-bond donors (Lipinski definition) is 1. The molecule has 1 N–H and O–H groups in total. The molecule has 1 aliphatic carbocycles. The summed E-state index contributed by atoms with van der Waals surface area (Å²) < 4.78 is 5.70. The first-order valence-electron chi connectivity index (χ1n) is 5.65. The maximum Gasteiger partial charge on any atom is 0.123 e. The zero-order valence-corrected chi connectivity index (χ0v) is 8.99. The maximum absolute atomic E-state index is 9.84. The third kappa shape index (κ3) is 1.74. The van der Waals surface area contributed by atoms with Crippen LogP contribution in [-0.4, -0.2) is 16.8 Å². The summed E-state index contributed by atoms with van der Waals surface area (Å²) in [7, 11) is 0. The minimum atomic E-state index is -0.404. The van der Waals surface area contributed by atoms with Gasteiger partial charge in [-0.3, -0.25) is 0 Å². The van der Waals surface area contributed by atoms with Crippen LogP contribution in [0.3, 0.4) is 0 Å². The van der Waals surface area contributed by atoms with Crippen LogP contribution in [0.1, 0.15) is 30.9 Å². The Balaban J connectivity index is 1.83. The van der Waals surface area contributed by atoms with Crippen molar-refractivity contribution in [2.75, 3.05) is 0 Å². The summed E-state index contributed by atoms with van der Waals surface area (Å²) in [6, 6.07) is 6.35. The molecule has 2 heteroatoms. The van der Waals surface area contributed by atoms with E-state index in [4.69, 9.17) is 4.74 Å². The summed E-state index contributed by atoms with van der Waals surface area (Å²) >= 11 is 0. The van der Waals surface area contributed by atoms with Crippen LogP contribution >= 0.6 is 0 Å². The van der Waals surface area contributed by atoms with Crippen molar-refractivity contribution in [2.45, 2.75) is 44.3 Å². The molecule has 1 aliphatic heterocycles. The van der Waals surface area contributed by atoms with Crippen LogP contribution in [-0.2, 0) is 12.8 Å². The SMILES string of the molecule is CC1Cc2ccc(CC3(O)CC3)cc2O1. The third-order valence-electron chi connectivity index (χ3n) is 3.33. The second-order valence-corrected chi connectivity index (χ2v) is 4.98. The molecule has 1 saturated carbocycles. The van der Waals surface area contributed by atoms with E-state index >= 15 is 0 Å². The summed E-state index contributed by atoms with van der Waals surface area (Å²) in [5.41, 5.74) is 2.09. The van der Waals surface area contributed by atoms with E-state index in [1.54, 1.807) is 0 Å². The van der Waals surface area contributed by atoms with Gasteiger partial charge in [-0.05, 0) is 37.0 Å². The van der Waals surface area contributed by atoms with Crippen LogP contribution in [0.2, 0.25) is 0 Å². The smallest absolute Gasteiger partial charge is 0.123 e. The lowest BCUT2D eigenvalue weighted by Crippen LogP contribution is -2.10. The lowest BCUT2D eigenvalue weighted by Gasteiger charge is -2.09. The van der Waals surface area contributed by atoms with Gasteiger partial charge in [0.05, 0.1) is 5.60 Å². The number of rotatable bonds is 2. The van der Waals surface area contributed by atoms with Crippen molar-refractivity contribution in [3.05, 3.63) is 29.3 Å². The van der Waals surface area contributed by atoms with E-state index in [1.165, 1.54) is 11.1 Å². The molecule has 3 rings (SSSR count). The predicted molar refractivity (Wildman–Crippen MR) is 58.1 cm³/mol. The summed E-state index contributed by atoms with van der Waals surface area (Å²) in [6.07, 6.45) is 3.99. The predicted octanol–water partition coefficient (Wildman–Crippen LogP) is 2.08. The fourth-order valence-electron chi connectivity index (χ4n) is 2.26. The Hall–Kier alpha value is -1.02. The van der Waals surface area contributed by atoms with Crippen molar-refractivity contribution in [2.24, 2.45) is 0 Å². The Morgan fingerprint density at radius 1 is 1.47 bits per heavy atom. The third-order valence-corrected chi connectivity index (χ3v) is 3.33. The molecular formula is C13H16O2. The number of ether oxygens (including phenoxy) is 1. The molecule has 1 fully saturated rings. The highest BCUT2D eigenvalue weighted by molar-refractivity contribution is 5.41. The van der Waals surface area contributed by atoms with E-state index in [0.29, 0.717) is 6.10 Å². The zero-order chi connectivity index (χ0) is 10.5. The Morgan fingerprint density at radius 3 is 3.00 bits per heavy atom. The number of fused-ring (bicyclic) bond motifs is 1. The molecule has 0 spiro atoms. The molecule has 80 valence electrons. The van der Waals surface area contributed by atoms with Gasteiger partial charge in [0.15, 0.2) is 0 Å². The van der Waals surface area contributed by atoms with E-state index in [2.05, 4.69) is 25.1 Å². The monoisotopic (exact) mass is 204 g/mol. The van der Waals surface area contributed by atoms with E-state index in [1.807, 2.05) is 0 Å². The van der Waals surface area contributed by atoms with Crippen LogP contribution in [0.4, 0.5) is 0 Å². The van der Waals surface area contributed by atoms with Gasteiger partial charge in [-0.25, -0.2) is 0 Å². The van der Waals surface area contributed by atoms with Gasteiger partial charge in [0.1, 0.15) is 11.9 Å². The van der Waals surface area contributed by atoms with Gasteiger partial charge in [0.25, 0.3) is 0 Å². The largest absolute Gasteiger partial charge is 0.490 e. The minimum Gasteiger partial charge on any atom is -0.490 e. The topological polar surface area (TPSA) is 29.5 Å². The lowest BCUT2D eigenvalue weighted by atomic mass is 10.0. The second kappa shape index (κ2) is 2.99. The van der Waals surface area contributed by atoms with Gasteiger partial charge in [0.2, 0.25) is 0 Å². The first-order chi connectivity index (χ1) is 7.15. The first kappa shape index (κ1) is 9.22. The van der Waals surface area contributed by atoms with Crippen molar-refractivity contribution in [3.63, 3.8) is 0 Å². The van der Waals surface area contributed by atoms with Crippen molar-refractivity contribution >= 4 is 0 Å². The molecule has 1 unspecified atom stereocenters. The summed E-state index contributed by atoms with van der Waals surface area (Å²) in [5.74, 6) is 1.02. The summed E-state index contributed by atoms with van der Waals surface area (Å²) in [6.45, 7) is 2.09. The normalized spacial score (nSPS) is 25.9. The molecule has 0 bridgehead atoms. The van der Waals surface area contributed by atoms with Crippen LogP contribution in [0.15, 0.2) is 18.2 Å². The molecule has 0 aromatic heterocycles. The second-order valence-electron chi connectivity index (χ2n) is 4.98. The molecule has 0 amide bonds.